The van der Waals surface area contributed by atoms with E-state index in [1.165, 1.54) is 12.1 Å². The summed E-state index contributed by atoms with van der Waals surface area (Å²) in [4.78, 5) is 12.2. The second kappa shape index (κ2) is 7.06. The van der Waals surface area contributed by atoms with E-state index in [-0.39, 0.29) is 18.2 Å². The van der Waals surface area contributed by atoms with Crippen molar-refractivity contribution in [1.29, 1.82) is 0 Å². The summed E-state index contributed by atoms with van der Waals surface area (Å²) in [6.45, 7) is 2.80. The molecule has 0 aromatic heterocycles. The summed E-state index contributed by atoms with van der Waals surface area (Å²) in [6, 6.07) is 5.43. The first-order valence-corrected chi connectivity index (χ1v) is 7.13. The zero-order chi connectivity index (χ0) is 16.2. The van der Waals surface area contributed by atoms with E-state index in [4.69, 9.17) is 0 Å². The molecule has 22 heavy (non-hydrogen) atoms. The smallest absolute Gasteiger partial charge is 0.314 e. The third-order valence-electron chi connectivity index (χ3n) is 3.78. The lowest BCUT2D eigenvalue weighted by Gasteiger charge is -2.35. The first-order valence-electron chi connectivity index (χ1n) is 7.13. The number of benzene rings is 1. The van der Waals surface area contributed by atoms with Crippen LogP contribution in [0.25, 0.3) is 0 Å². The van der Waals surface area contributed by atoms with Crippen molar-refractivity contribution in [2.24, 2.45) is 0 Å². The van der Waals surface area contributed by atoms with E-state index < -0.39 is 17.5 Å². The maximum atomic E-state index is 12.5. The molecule has 1 aromatic carbocycles. The first kappa shape index (κ1) is 16.7. The van der Waals surface area contributed by atoms with Crippen LogP contribution in [-0.4, -0.2) is 42.2 Å². The van der Waals surface area contributed by atoms with Crippen molar-refractivity contribution in [3.63, 3.8) is 0 Å². The highest BCUT2D eigenvalue weighted by Crippen LogP contribution is 2.32. The number of halogens is 3. The van der Waals surface area contributed by atoms with E-state index in [2.05, 4.69) is 5.32 Å². The van der Waals surface area contributed by atoms with E-state index >= 15 is 0 Å². The van der Waals surface area contributed by atoms with Crippen molar-refractivity contribution in [3.05, 3.63) is 39.9 Å². The Labute approximate surface area is 126 Å². The number of nitro benzene ring substituents is 1. The van der Waals surface area contributed by atoms with Crippen molar-refractivity contribution in [2.75, 3.05) is 26.2 Å². The summed E-state index contributed by atoms with van der Waals surface area (Å²) in [5, 5.41) is 13.8. The number of nitro groups is 1. The Morgan fingerprint density at radius 3 is 2.32 bits per heavy atom. The number of hydrogen-bond acceptors (Lipinski definition) is 4. The standard InChI is InChI=1S/C14H18F3N3O2/c15-14(16,17)6-5-13(19-9-7-18-8-10-19)11-1-3-12(4-2-11)20(21)22/h1-4,13,18H,5-10H2/t13-/m1/s1. The van der Waals surface area contributed by atoms with Gasteiger partial charge in [-0.3, -0.25) is 15.0 Å². The second-order valence-corrected chi connectivity index (χ2v) is 5.30. The Morgan fingerprint density at radius 2 is 1.82 bits per heavy atom. The molecule has 8 heteroatoms. The van der Waals surface area contributed by atoms with Gasteiger partial charge < -0.3 is 5.32 Å². The third-order valence-corrected chi connectivity index (χ3v) is 3.78. The van der Waals surface area contributed by atoms with Crippen LogP contribution in [0, 0.1) is 10.1 Å². The minimum absolute atomic E-state index is 0.0404. The lowest BCUT2D eigenvalue weighted by atomic mass is 9.99. The lowest BCUT2D eigenvalue weighted by Crippen LogP contribution is -2.45. The van der Waals surface area contributed by atoms with Gasteiger partial charge in [-0.15, -0.1) is 0 Å². The van der Waals surface area contributed by atoms with E-state index in [0.29, 0.717) is 18.7 Å². The van der Waals surface area contributed by atoms with Gasteiger partial charge in [0.25, 0.3) is 5.69 Å². The molecule has 5 nitrogen and oxygen atoms in total. The van der Waals surface area contributed by atoms with E-state index in [0.717, 1.165) is 13.1 Å². The lowest BCUT2D eigenvalue weighted by molar-refractivity contribution is -0.384. The van der Waals surface area contributed by atoms with Crippen LogP contribution in [0.2, 0.25) is 0 Å². The fourth-order valence-electron chi connectivity index (χ4n) is 2.67. The minimum atomic E-state index is -4.20. The molecule has 0 radical (unpaired) electrons. The maximum Gasteiger partial charge on any atom is 0.389 e. The van der Waals surface area contributed by atoms with Crippen molar-refractivity contribution >= 4 is 5.69 Å². The van der Waals surface area contributed by atoms with Crippen molar-refractivity contribution in [2.45, 2.75) is 25.1 Å². The zero-order valence-electron chi connectivity index (χ0n) is 12.0. The number of nitrogens with one attached hydrogen (secondary N) is 1. The fraction of sp³-hybridized carbons (Fsp3) is 0.571. The SMILES string of the molecule is O=[N+]([O-])c1ccc([C@@H](CCC(F)(F)F)N2CCNCC2)cc1. The molecule has 122 valence electrons. The summed E-state index contributed by atoms with van der Waals surface area (Å²) in [7, 11) is 0. The number of rotatable bonds is 5. The molecule has 1 aliphatic heterocycles. The predicted molar refractivity (Wildman–Crippen MR) is 75.6 cm³/mol. The normalized spacial score (nSPS) is 18.1. The van der Waals surface area contributed by atoms with Crippen molar-refractivity contribution in [3.8, 4) is 0 Å². The Hall–Kier alpha value is -1.67. The number of alkyl halides is 3. The van der Waals surface area contributed by atoms with Crippen LogP contribution in [0.5, 0.6) is 0 Å². The highest BCUT2D eigenvalue weighted by atomic mass is 19.4. The molecular formula is C14H18F3N3O2. The van der Waals surface area contributed by atoms with E-state index in [1.54, 1.807) is 12.1 Å². The first-order chi connectivity index (χ1) is 10.4. The second-order valence-electron chi connectivity index (χ2n) is 5.30. The molecule has 1 fully saturated rings. The van der Waals surface area contributed by atoms with Gasteiger partial charge in [0.15, 0.2) is 0 Å². The molecule has 0 saturated carbocycles. The van der Waals surface area contributed by atoms with Crippen molar-refractivity contribution < 1.29 is 18.1 Å². The van der Waals surface area contributed by atoms with Crippen LogP contribution in [0.1, 0.15) is 24.4 Å². The average molecular weight is 317 g/mol. The molecule has 1 aliphatic rings. The van der Waals surface area contributed by atoms with Crippen LogP contribution < -0.4 is 5.32 Å². The van der Waals surface area contributed by atoms with Gasteiger partial charge in [-0.25, -0.2) is 0 Å². The predicted octanol–water partition coefficient (Wildman–Crippen LogP) is 2.88. The number of non-ortho nitro benzene ring substituents is 1. The van der Waals surface area contributed by atoms with E-state index in [1.807, 2.05) is 4.90 Å². The molecule has 1 aromatic rings. The zero-order valence-corrected chi connectivity index (χ0v) is 12.0. The molecule has 1 N–H and O–H groups in total. The Kier molecular flexibility index (Phi) is 5.36. The van der Waals surface area contributed by atoms with Gasteiger partial charge in [0.1, 0.15) is 0 Å². The van der Waals surface area contributed by atoms with Gasteiger partial charge in [-0.05, 0) is 12.0 Å². The summed E-state index contributed by atoms with van der Waals surface area (Å²) >= 11 is 0. The number of piperazine rings is 1. The maximum absolute atomic E-state index is 12.5. The monoisotopic (exact) mass is 317 g/mol. The average Bonchev–Trinajstić information content (AvgIpc) is 2.48. The Bertz CT molecular complexity index is 499. The Morgan fingerprint density at radius 1 is 1.23 bits per heavy atom. The number of hydrogen-bond donors (Lipinski definition) is 1. The molecule has 0 bridgehead atoms. The molecule has 1 atom stereocenters. The molecule has 0 amide bonds. The van der Waals surface area contributed by atoms with E-state index in [9.17, 15) is 23.3 Å². The topological polar surface area (TPSA) is 58.4 Å². The molecular weight excluding hydrogens is 299 g/mol. The Balaban J connectivity index is 2.16. The van der Waals surface area contributed by atoms with Crippen LogP contribution in [0.15, 0.2) is 24.3 Å². The molecule has 1 saturated heterocycles. The van der Waals surface area contributed by atoms with Crippen LogP contribution in [0.4, 0.5) is 18.9 Å². The highest BCUT2D eigenvalue weighted by Gasteiger charge is 2.31. The van der Waals surface area contributed by atoms with Crippen LogP contribution >= 0.6 is 0 Å². The molecule has 2 rings (SSSR count). The van der Waals surface area contributed by atoms with Crippen molar-refractivity contribution in [1.82, 2.24) is 10.2 Å². The van der Waals surface area contributed by atoms with Gasteiger partial charge in [0.2, 0.25) is 0 Å². The minimum Gasteiger partial charge on any atom is -0.314 e. The summed E-state index contributed by atoms with van der Waals surface area (Å²) in [5.74, 6) is 0. The summed E-state index contributed by atoms with van der Waals surface area (Å²) in [5.41, 5.74) is 0.635. The van der Waals surface area contributed by atoms with Gasteiger partial charge in [0, 0.05) is 50.8 Å². The molecule has 0 unspecified atom stereocenters. The van der Waals surface area contributed by atoms with Crippen LogP contribution in [-0.2, 0) is 0 Å². The quantitative estimate of drug-likeness (QED) is 0.670. The largest absolute Gasteiger partial charge is 0.389 e. The number of nitrogens with zero attached hydrogens (tertiary/aromatic N) is 2. The molecule has 1 heterocycles. The summed E-state index contributed by atoms with van der Waals surface area (Å²) < 4.78 is 37.6. The molecule has 0 aliphatic carbocycles. The van der Waals surface area contributed by atoms with Crippen LogP contribution in [0.3, 0.4) is 0 Å². The van der Waals surface area contributed by atoms with Gasteiger partial charge in [0.05, 0.1) is 4.92 Å². The highest BCUT2D eigenvalue weighted by molar-refractivity contribution is 5.34. The summed E-state index contributed by atoms with van der Waals surface area (Å²) in [6.07, 6.45) is -5.10. The van der Waals surface area contributed by atoms with Gasteiger partial charge in [-0.2, -0.15) is 13.2 Å². The molecule has 0 spiro atoms. The van der Waals surface area contributed by atoms with Gasteiger partial charge in [-0.1, -0.05) is 12.1 Å². The fourth-order valence-corrected chi connectivity index (χ4v) is 2.67. The van der Waals surface area contributed by atoms with Gasteiger partial charge >= 0.3 is 6.18 Å². The third kappa shape index (κ3) is 4.67.